The summed E-state index contributed by atoms with van der Waals surface area (Å²) in [6, 6.07) is 4.69. The summed E-state index contributed by atoms with van der Waals surface area (Å²) in [6.45, 7) is 0. The van der Waals surface area contributed by atoms with Gasteiger partial charge in [-0.15, -0.1) is 0 Å². The topological polar surface area (TPSA) is 64.9 Å². The van der Waals surface area contributed by atoms with Crippen molar-refractivity contribution < 1.29 is 4.52 Å². The van der Waals surface area contributed by atoms with Crippen LogP contribution in [0.4, 0.5) is 0 Å². The lowest BCUT2D eigenvalue weighted by Crippen LogP contribution is -2.13. The third-order valence-corrected chi connectivity index (χ3v) is 3.34. The molecule has 18 heavy (non-hydrogen) atoms. The Kier molecular flexibility index (Phi) is 3.01. The van der Waals surface area contributed by atoms with Gasteiger partial charge in [0, 0.05) is 16.0 Å². The minimum absolute atomic E-state index is 0.418. The lowest BCUT2D eigenvalue weighted by atomic mass is 10.1. The number of aromatic nitrogens is 2. The SMILES string of the molecule is NC(c1cc(Cl)cc(Cl)c1)c1noc(C2CC2)n1. The van der Waals surface area contributed by atoms with E-state index in [0.29, 0.717) is 27.7 Å². The molecule has 1 fully saturated rings. The molecule has 94 valence electrons. The fraction of sp³-hybridized carbons (Fsp3) is 0.333. The molecule has 0 radical (unpaired) electrons. The Bertz CT molecular complexity index is 560. The number of hydrogen-bond donors (Lipinski definition) is 1. The standard InChI is InChI=1S/C12H11Cl2N3O/c13-8-3-7(4-9(14)5-8)10(15)11-16-12(18-17-11)6-1-2-6/h3-6,10H,1-2,15H2. The fourth-order valence-corrected chi connectivity index (χ4v) is 2.32. The third-order valence-electron chi connectivity index (χ3n) is 2.91. The summed E-state index contributed by atoms with van der Waals surface area (Å²) in [4.78, 5) is 4.32. The van der Waals surface area contributed by atoms with Crippen LogP contribution >= 0.6 is 23.2 Å². The molecule has 1 aliphatic carbocycles. The van der Waals surface area contributed by atoms with Crippen molar-refractivity contribution in [3.05, 3.63) is 45.5 Å². The van der Waals surface area contributed by atoms with Gasteiger partial charge in [0.2, 0.25) is 5.89 Å². The quantitative estimate of drug-likeness (QED) is 0.939. The van der Waals surface area contributed by atoms with Crippen molar-refractivity contribution in [3.63, 3.8) is 0 Å². The van der Waals surface area contributed by atoms with Gasteiger partial charge in [0.1, 0.15) is 0 Å². The summed E-state index contributed by atoms with van der Waals surface area (Å²) < 4.78 is 5.18. The van der Waals surface area contributed by atoms with E-state index in [-0.39, 0.29) is 0 Å². The molecule has 1 saturated carbocycles. The Morgan fingerprint density at radius 3 is 2.50 bits per heavy atom. The van der Waals surface area contributed by atoms with Crippen LogP contribution in [0.5, 0.6) is 0 Å². The van der Waals surface area contributed by atoms with Gasteiger partial charge in [-0.3, -0.25) is 0 Å². The van der Waals surface area contributed by atoms with Gasteiger partial charge in [-0.05, 0) is 36.6 Å². The zero-order valence-corrected chi connectivity index (χ0v) is 10.9. The van der Waals surface area contributed by atoms with Crippen molar-refractivity contribution in [2.75, 3.05) is 0 Å². The highest BCUT2D eigenvalue weighted by Gasteiger charge is 2.30. The number of hydrogen-bond acceptors (Lipinski definition) is 4. The Morgan fingerprint density at radius 1 is 1.22 bits per heavy atom. The van der Waals surface area contributed by atoms with Crippen LogP contribution in [0.25, 0.3) is 0 Å². The zero-order valence-electron chi connectivity index (χ0n) is 9.44. The second-order valence-electron chi connectivity index (χ2n) is 4.45. The smallest absolute Gasteiger partial charge is 0.229 e. The van der Waals surface area contributed by atoms with Crippen LogP contribution < -0.4 is 5.73 Å². The second kappa shape index (κ2) is 4.53. The average molecular weight is 284 g/mol. The van der Waals surface area contributed by atoms with Crippen molar-refractivity contribution in [2.24, 2.45) is 5.73 Å². The molecule has 2 N–H and O–H groups in total. The van der Waals surface area contributed by atoms with Crippen LogP contribution in [0.1, 0.15) is 42.1 Å². The van der Waals surface area contributed by atoms with E-state index in [1.165, 1.54) is 0 Å². The van der Waals surface area contributed by atoms with Gasteiger partial charge in [-0.2, -0.15) is 4.98 Å². The lowest BCUT2D eigenvalue weighted by molar-refractivity contribution is 0.372. The van der Waals surface area contributed by atoms with Gasteiger partial charge in [0.15, 0.2) is 5.82 Å². The van der Waals surface area contributed by atoms with E-state index in [1.807, 2.05) is 0 Å². The van der Waals surface area contributed by atoms with E-state index >= 15 is 0 Å². The summed E-state index contributed by atoms with van der Waals surface area (Å²) in [5.41, 5.74) is 6.86. The molecule has 1 unspecified atom stereocenters. The molecule has 0 aliphatic heterocycles. The molecule has 1 heterocycles. The van der Waals surface area contributed by atoms with Crippen LogP contribution in [0.2, 0.25) is 10.0 Å². The highest BCUT2D eigenvalue weighted by atomic mass is 35.5. The molecule has 2 aromatic rings. The van der Waals surface area contributed by atoms with Crippen molar-refractivity contribution in [1.82, 2.24) is 10.1 Å². The van der Waals surface area contributed by atoms with Crippen molar-refractivity contribution in [1.29, 1.82) is 0 Å². The number of nitrogens with two attached hydrogens (primary N) is 1. The summed E-state index contributed by atoms with van der Waals surface area (Å²) in [5.74, 6) is 1.56. The minimum Gasteiger partial charge on any atom is -0.339 e. The van der Waals surface area contributed by atoms with Crippen molar-refractivity contribution >= 4 is 23.2 Å². The van der Waals surface area contributed by atoms with E-state index in [2.05, 4.69) is 10.1 Å². The molecule has 0 spiro atoms. The summed E-state index contributed by atoms with van der Waals surface area (Å²) in [6.07, 6.45) is 2.22. The zero-order chi connectivity index (χ0) is 12.7. The highest BCUT2D eigenvalue weighted by Crippen LogP contribution is 2.39. The van der Waals surface area contributed by atoms with Gasteiger partial charge in [-0.1, -0.05) is 28.4 Å². The summed E-state index contributed by atoms with van der Waals surface area (Å²) in [7, 11) is 0. The Morgan fingerprint density at radius 2 is 1.89 bits per heavy atom. The normalized spacial score (nSPS) is 16.8. The molecular formula is C12H11Cl2N3O. The van der Waals surface area contributed by atoms with Gasteiger partial charge in [-0.25, -0.2) is 0 Å². The first-order valence-electron chi connectivity index (χ1n) is 5.68. The van der Waals surface area contributed by atoms with Gasteiger partial charge in [0.05, 0.1) is 6.04 Å². The minimum atomic E-state index is -0.475. The Balaban J connectivity index is 1.89. The van der Waals surface area contributed by atoms with E-state index in [9.17, 15) is 0 Å². The first-order valence-corrected chi connectivity index (χ1v) is 6.44. The van der Waals surface area contributed by atoms with Crippen LogP contribution in [0.15, 0.2) is 22.7 Å². The van der Waals surface area contributed by atoms with Crippen LogP contribution in [0.3, 0.4) is 0 Å². The Labute approximate surface area is 114 Å². The molecule has 1 aliphatic rings. The summed E-state index contributed by atoms with van der Waals surface area (Å²) in [5, 5.41) is 5.00. The first-order chi connectivity index (χ1) is 8.63. The van der Waals surface area contributed by atoms with Crippen LogP contribution in [0, 0.1) is 0 Å². The van der Waals surface area contributed by atoms with E-state index in [1.54, 1.807) is 18.2 Å². The molecule has 1 aromatic heterocycles. The summed E-state index contributed by atoms with van der Waals surface area (Å²) >= 11 is 11.9. The monoisotopic (exact) mass is 283 g/mol. The van der Waals surface area contributed by atoms with Crippen molar-refractivity contribution in [2.45, 2.75) is 24.8 Å². The number of rotatable bonds is 3. The average Bonchev–Trinajstić information content (AvgIpc) is 3.05. The van der Waals surface area contributed by atoms with Crippen LogP contribution in [-0.4, -0.2) is 10.1 Å². The first kappa shape index (κ1) is 12.0. The number of nitrogens with zero attached hydrogens (tertiary/aromatic N) is 2. The highest BCUT2D eigenvalue weighted by molar-refractivity contribution is 6.34. The third kappa shape index (κ3) is 2.36. The van der Waals surface area contributed by atoms with Gasteiger partial charge >= 0.3 is 0 Å². The maximum absolute atomic E-state index is 6.09. The fourth-order valence-electron chi connectivity index (χ4n) is 1.77. The molecule has 6 heteroatoms. The largest absolute Gasteiger partial charge is 0.339 e. The number of benzene rings is 1. The molecular weight excluding hydrogens is 273 g/mol. The second-order valence-corrected chi connectivity index (χ2v) is 5.32. The van der Waals surface area contributed by atoms with Crippen LogP contribution in [-0.2, 0) is 0 Å². The molecule has 0 bridgehead atoms. The maximum Gasteiger partial charge on any atom is 0.229 e. The predicted octanol–water partition coefficient (Wildman–Crippen LogP) is 3.30. The molecule has 0 saturated heterocycles. The predicted molar refractivity (Wildman–Crippen MR) is 68.8 cm³/mol. The molecule has 3 rings (SSSR count). The number of halogens is 2. The maximum atomic E-state index is 6.09. The molecule has 0 amide bonds. The van der Waals surface area contributed by atoms with E-state index in [4.69, 9.17) is 33.5 Å². The van der Waals surface area contributed by atoms with E-state index < -0.39 is 6.04 Å². The van der Waals surface area contributed by atoms with Gasteiger partial charge < -0.3 is 10.3 Å². The van der Waals surface area contributed by atoms with Crippen molar-refractivity contribution in [3.8, 4) is 0 Å². The lowest BCUT2D eigenvalue weighted by Gasteiger charge is -2.08. The Hall–Kier alpha value is -1.10. The molecule has 1 atom stereocenters. The molecule has 4 nitrogen and oxygen atoms in total. The molecule has 1 aromatic carbocycles. The van der Waals surface area contributed by atoms with Gasteiger partial charge in [0.25, 0.3) is 0 Å². The van der Waals surface area contributed by atoms with E-state index in [0.717, 1.165) is 18.4 Å².